The lowest BCUT2D eigenvalue weighted by molar-refractivity contribution is -0.136. The van der Waals surface area contributed by atoms with Crippen LogP contribution in [0.5, 0.6) is 0 Å². The summed E-state index contributed by atoms with van der Waals surface area (Å²) in [6.07, 6.45) is 4.25. The Balaban J connectivity index is 1.58. The SMILES string of the molecule is CCC1=C(C(=O)OC)[C@H](c2ccc(C)cc2C)N2C(CC(=O)NCC[C@H]3CCCN3C)=CSC2=N1. The number of hydrogen-bond acceptors (Lipinski definition) is 7. The van der Waals surface area contributed by atoms with Crippen molar-refractivity contribution in [1.29, 1.82) is 0 Å². The fraction of sp³-hybridized carbons (Fsp3) is 0.519. The summed E-state index contributed by atoms with van der Waals surface area (Å²) in [5.41, 5.74) is 5.41. The number of esters is 1. The maximum Gasteiger partial charge on any atom is 0.338 e. The van der Waals surface area contributed by atoms with Crippen LogP contribution in [-0.2, 0) is 14.3 Å². The molecular formula is C27H36N4O3S. The molecule has 3 heterocycles. The quantitative estimate of drug-likeness (QED) is 0.537. The van der Waals surface area contributed by atoms with E-state index in [9.17, 15) is 9.59 Å². The number of allylic oxidation sites excluding steroid dienone is 1. The number of aliphatic imine (C=N–C) groups is 1. The van der Waals surface area contributed by atoms with E-state index in [1.165, 1.54) is 31.7 Å². The van der Waals surface area contributed by atoms with E-state index in [4.69, 9.17) is 9.73 Å². The van der Waals surface area contributed by atoms with Gasteiger partial charge in [-0.15, -0.1) is 0 Å². The fourth-order valence-corrected chi connectivity index (χ4v) is 6.23. The third kappa shape index (κ3) is 5.33. The Morgan fingerprint density at radius 1 is 1.29 bits per heavy atom. The highest BCUT2D eigenvalue weighted by molar-refractivity contribution is 8.16. The molecule has 1 amide bonds. The fourth-order valence-electron chi connectivity index (χ4n) is 5.29. The van der Waals surface area contributed by atoms with E-state index in [-0.39, 0.29) is 24.3 Å². The maximum absolute atomic E-state index is 13.0. The van der Waals surface area contributed by atoms with E-state index >= 15 is 0 Å². The molecule has 2 atom stereocenters. The number of amidine groups is 1. The van der Waals surface area contributed by atoms with Gasteiger partial charge in [0.15, 0.2) is 5.17 Å². The van der Waals surface area contributed by atoms with Crippen molar-refractivity contribution in [2.75, 3.05) is 27.2 Å². The summed E-state index contributed by atoms with van der Waals surface area (Å²) in [7, 11) is 3.56. The third-order valence-corrected chi connectivity index (χ3v) is 8.05. The van der Waals surface area contributed by atoms with E-state index in [2.05, 4.69) is 54.2 Å². The lowest BCUT2D eigenvalue weighted by atomic mass is 9.89. The van der Waals surface area contributed by atoms with Gasteiger partial charge in [0, 0.05) is 18.3 Å². The van der Waals surface area contributed by atoms with Gasteiger partial charge in [-0.2, -0.15) is 0 Å². The number of amides is 1. The summed E-state index contributed by atoms with van der Waals surface area (Å²) in [5, 5.41) is 5.90. The first-order valence-electron chi connectivity index (χ1n) is 12.4. The molecule has 1 saturated heterocycles. The molecule has 0 saturated carbocycles. The van der Waals surface area contributed by atoms with Crippen LogP contribution < -0.4 is 5.32 Å². The van der Waals surface area contributed by atoms with Crippen molar-refractivity contribution in [3.05, 3.63) is 57.3 Å². The molecule has 7 nitrogen and oxygen atoms in total. The summed E-state index contributed by atoms with van der Waals surface area (Å²) >= 11 is 1.51. The molecule has 1 N–H and O–H groups in total. The number of likely N-dealkylation sites (tertiary alicyclic amines) is 1. The largest absolute Gasteiger partial charge is 0.466 e. The van der Waals surface area contributed by atoms with Crippen molar-refractivity contribution in [3.8, 4) is 0 Å². The Morgan fingerprint density at radius 2 is 2.09 bits per heavy atom. The van der Waals surface area contributed by atoms with E-state index in [1.54, 1.807) is 0 Å². The van der Waals surface area contributed by atoms with Gasteiger partial charge in [0.25, 0.3) is 0 Å². The van der Waals surface area contributed by atoms with Crippen LogP contribution >= 0.6 is 11.8 Å². The lowest BCUT2D eigenvalue weighted by Gasteiger charge is -2.37. The zero-order valence-electron chi connectivity index (χ0n) is 21.4. The summed E-state index contributed by atoms with van der Waals surface area (Å²) in [4.78, 5) is 35.2. The van der Waals surface area contributed by atoms with Crippen molar-refractivity contribution < 1.29 is 14.3 Å². The summed E-state index contributed by atoms with van der Waals surface area (Å²) in [5.74, 6) is -0.390. The minimum atomic E-state index is -0.383. The summed E-state index contributed by atoms with van der Waals surface area (Å²) in [6.45, 7) is 7.93. The van der Waals surface area contributed by atoms with Gasteiger partial charge < -0.3 is 19.9 Å². The molecule has 1 aromatic carbocycles. The van der Waals surface area contributed by atoms with Crippen LogP contribution in [0.4, 0.5) is 0 Å². The zero-order valence-corrected chi connectivity index (χ0v) is 22.2. The normalized spacial score (nSPS) is 22.1. The van der Waals surface area contributed by atoms with Crippen molar-refractivity contribution in [1.82, 2.24) is 15.1 Å². The molecule has 0 spiro atoms. The first kappa shape index (κ1) is 25.5. The second-order valence-corrected chi connectivity index (χ2v) is 10.4. The second-order valence-electron chi connectivity index (χ2n) is 9.55. The number of thioether (sulfide) groups is 1. The number of methoxy groups -OCH3 is 1. The molecule has 0 bridgehead atoms. The first-order valence-corrected chi connectivity index (χ1v) is 13.3. The van der Waals surface area contributed by atoms with E-state index < -0.39 is 0 Å². The third-order valence-electron chi connectivity index (χ3n) is 7.16. The molecule has 0 aromatic heterocycles. The number of rotatable bonds is 8. The Bertz CT molecular complexity index is 1090. The van der Waals surface area contributed by atoms with E-state index in [1.807, 2.05) is 12.3 Å². The predicted octanol–water partition coefficient (Wildman–Crippen LogP) is 4.43. The van der Waals surface area contributed by atoms with E-state index in [0.717, 1.165) is 46.2 Å². The van der Waals surface area contributed by atoms with Crippen LogP contribution in [0.25, 0.3) is 0 Å². The zero-order chi connectivity index (χ0) is 25.1. The molecule has 4 rings (SSSR count). The van der Waals surface area contributed by atoms with Gasteiger partial charge in [0.05, 0.1) is 30.8 Å². The predicted molar refractivity (Wildman–Crippen MR) is 141 cm³/mol. The number of carbonyl (C=O) groups excluding carboxylic acids is 2. The molecule has 35 heavy (non-hydrogen) atoms. The average Bonchev–Trinajstić information content (AvgIpc) is 3.43. The van der Waals surface area contributed by atoms with Crippen LogP contribution in [0.3, 0.4) is 0 Å². The number of fused-ring (bicyclic) bond motifs is 1. The maximum atomic E-state index is 13.0. The molecule has 188 valence electrons. The first-order chi connectivity index (χ1) is 16.8. The minimum Gasteiger partial charge on any atom is -0.466 e. The summed E-state index contributed by atoms with van der Waals surface area (Å²) in [6, 6.07) is 6.43. The van der Waals surface area contributed by atoms with Gasteiger partial charge in [0.2, 0.25) is 5.91 Å². The molecule has 0 unspecified atom stereocenters. The average molecular weight is 497 g/mol. The number of hydrogen-bond donors (Lipinski definition) is 1. The lowest BCUT2D eigenvalue weighted by Crippen LogP contribution is -2.38. The Hall–Kier alpha value is -2.58. The highest BCUT2D eigenvalue weighted by Gasteiger charge is 2.42. The van der Waals surface area contributed by atoms with Crippen LogP contribution in [0.15, 0.2) is 45.6 Å². The van der Waals surface area contributed by atoms with Crippen molar-refractivity contribution in [2.24, 2.45) is 4.99 Å². The topological polar surface area (TPSA) is 74.2 Å². The van der Waals surface area contributed by atoms with Gasteiger partial charge in [-0.05, 0) is 69.7 Å². The number of benzene rings is 1. The Morgan fingerprint density at radius 3 is 2.74 bits per heavy atom. The van der Waals surface area contributed by atoms with Crippen LogP contribution in [-0.4, -0.2) is 60.1 Å². The van der Waals surface area contributed by atoms with Gasteiger partial charge in [-0.3, -0.25) is 4.79 Å². The van der Waals surface area contributed by atoms with Crippen molar-refractivity contribution >= 4 is 28.8 Å². The van der Waals surface area contributed by atoms with Crippen LogP contribution in [0.1, 0.15) is 61.8 Å². The van der Waals surface area contributed by atoms with Crippen LogP contribution in [0.2, 0.25) is 0 Å². The standard InChI is InChI=1S/C27H36N4O3S/c1-6-22-24(26(33)34-5)25(21-10-9-17(2)14-18(21)3)31-20(16-35-27(31)29-22)15-23(32)28-12-11-19-8-7-13-30(19)4/h9-10,14,16,19,25H,6-8,11-13,15H2,1-5H3,(H,28,32)/t19-,25+/m1/s1. The van der Waals surface area contributed by atoms with Gasteiger partial charge in [-0.25, -0.2) is 9.79 Å². The molecule has 0 aliphatic carbocycles. The number of aryl methyl sites for hydroxylation is 2. The smallest absolute Gasteiger partial charge is 0.338 e. The number of nitrogens with one attached hydrogen (secondary N) is 1. The second kappa shape index (κ2) is 11.0. The minimum absolute atomic E-state index is 0.0111. The Kier molecular flexibility index (Phi) is 8.02. The summed E-state index contributed by atoms with van der Waals surface area (Å²) < 4.78 is 5.21. The highest BCUT2D eigenvalue weighted by Crippen LogP contribution is 2.46. The van der Waals surface area contributed by atoms with Crippen LogP contribution in [0, 0.1) is 13.8 Å². The van der Waals surface area contributed by atoms with Gasteiger partial charge >= 0.3 is 5.97 Å². The van der Waals surface area contributed by atoms with Gasteiger partial charge in [0.1, 0.15) is 0 Å². The molecule has 0 radical (unpaired) electrons. The van der Waals surface area contributed by atoms with Gasteiger partial charge in [-0.1, -0.05) is 42.4 Å². The number of carbonyl (C=O) groups is 2. The highest BCUT2D eigenvalue weighted by atomic mass is 32.2. The number of nitrogens with zero attached hydrogens (tertiary/aromatic N) is 3. The Labute approximate surface area is 212 Å². The molecule has 3 aliphatic rings. The molecular weight excluding hydrogens is 460 g/mol. The van der Waals surface area contributed by atoms with Crippen molar-refractivity contribution in [3.63, 3.8) is 0 Å². The molecule has 3 aliphatic heterocycles. The molecule has 8 heteroatoms. The van der Waals surface area contributed by atoms with E-state index in [0.29, 0.717) is 24.6 Å². The van der Waals surface area contributed by atoms with Crippen molar-refractivity contribution in [2.45, 2.75) is 65.0 Å². The molecule has 1 aromatic rings. The number of ether oxygens (including phenoxy) is 1. The monoisotopic (exact) mass is 496 g/mol. The molecule has 1 fully saturated rings.